The number of nitrogens with one attached hydrogen (secondary N) is 1. The van der Waals surface area contributed by atoms with E-state index in [2.05, 4.69) is 31.2 Å². The molecule has 0 aliphatic carbocycles. The molecular weight excluding hydrogens is 358 g/mol. The third-order valence-corrected chi connectivity index (χ3v) is 5.31. The first-order valence-corrected chi connectivity index (χ1v) is 9.70. The molecule has 1 aromatic carbocycles. The van der Waals surface area contributed by atoms with E-state index in [0.29, 0.717) is 31.9 Å². The molecule has 3 heterocycles. The van der Waals surface area contributed by atoms with Crippen LogP contribution in [0.25, 0.3) is 0 Å². The van der Waals surface area contributed by atoms with Gasteiger partial charge in [-0.3, -0.25) is 4.79 Å². The van der Waals surface area contributed by atoms with Crippen molar-refractivity contribution >= 4 is 29.1 Å². The molecule has 2 saturated heterocycles. The minimum atomic E-state index is -0.704. The normalized spacial score (nSPS) is 18.1. The Kier molecular flexibility index (Phi) is 5.57. The Labute approximate surface area is 164 Å². The quantitative estimate of drug-likeness (QED) is 0.813. The highest BCUT2D eigenvalue weighted by Crippen LogP contribution is 2.29. The average molecular weight is 383 g/mol. The molecule has 0 unspecified atom stereocenters. The minimum absolute atomic E-state index is 0.254. The van der Waals surface area contributed by atoms with Crippen molar-refractivity contribution in [2.24, 2.45) is 5.92 Å². The summed E-state index contributed by atoms with van der Waals surface area (Å²) in [5.74, 6) is 0.407. The molecule has 2 aliphatic rings. The number of rotatable bonds is 5. The third kappa shape index (κ3) is 4.17. The molecule has 1 aromatic heterocycles. The lowest BCUT2D eigenvalue weighted by molar-refractivity contribution is -0.142. The van der Waals surface area contributed by atoms with E-state index in [4.69, 9.17) is 4.74 Å². The molecule has 2 N–H and O–H groups in total. The molecule has 2 aliphatic heterocycles. The fourth-order valence-corrected chi connectivity index (χ4v) is 3.72. The van der Waals surface area contributed by atoms with Crippen LogP contribution in [0.1, 0.15) is 12.8 Å². The lowest BCUT2D eigenvalue weighted by Crippen LogP contribution is -2.37. The molecule has 148 valence electrons. The van der Waals surface area contributed by atoms with Crippen molar-refractivity contribution < 1.29 is 14.6 Å². The number of carboxylic acid groups (broad SMARTS) is 1. The van der Waals surface area contributed by atoms with E-state index in [1.165, 1.54) is 0 Å². The van der Waals surface area contributed by atoms with Crippen LogP contribution in [0.4, 0.5) is 23.1 Å². The Morgan fingerprint density at radius 1 is 1.07 bits per heavy atom. The monoisotopic (exact) mass is 383 g/mol. The maximum absolute atomic E-state index is 11.2. The molecule has 8 heteroatoms. The van der Waals surface area contributed by atoms with Crippen LogP contribution < -0.4 is 15.1 Å². The molecule has 0 saturated carbocycles. The minimum Gasteiger partial charge on any atom is -0.481 e. The van der Waals surface area contributed by atoms with Gasteiger partial charge in [0, 0.05) is 32.4 Å². The fraction of sp³-hybridized carbons (Fsp3) is 0.450. The molecule has 0 radical (unpaired) electrons. The summed E-state index contributed by atoms with van der Waals surface area (Å²) in [7, 11) is 0. The summed E-state index contributed by atoms with van der Waals surface area (Å²) in [4.78, 5) is 24.6. The van der Waals surface area contributed by atoms with Gasteiger partial charge >= 0.3 is 5.97 Å². The molecule has 0 amide bonds. The van der Waals surface area contributed by atoms with Gasteiger partial charge in [-0.1, -0.05) is 12.1 Å². The van der Waals surface area contributed by atoms with E-state index >= 15 is 0 Å². The number of morpholine rings is 1. The molecule has 2 fully saturated rings. The van der Waals surface area contributed by atoms with E-state index in [9.17, 15) is 9.90 Å². The van der Waals surface area contributed by atoms with Crippen LogP contribution in [0.15, 0.2) is 36.5 Å². The van der Waals surface area contributed by atoms with E-state index in [1.807, 2.05) is 24.3 Å². The highest BCUT2D eigenvalue weighted by Gasteiger charge is 2.25. The number of aliphatic carboxylic acids is 1. The number of ether oxygens (including phenoxy) is 1. The lowest BCUT2D eigenvalue weighted by atomic mass is 9.97. The van der Waals surface area contributed by atoms with E-state index in [1.54, 1.807) is 6.20 Å². The molecule has 0 atom stereocenters. The van der Waals surface area contributed by atoms with Gasteiger partial charge < -0.3 is 25.0 Å². The molecular formula is C20H25N5O3. The number of anilines is 4. The van der Waals surface area contributed by atoms with Crippen LogP contribution >= 0.6 is 0 Å². The van der Waals surface area contributed by atoms with Crippen molar-refractivity contribution in [1.82, 2.24) is 9.97 Å². The number of benzene rings is 1. The summed E-state index contributed by atoms with van der Waals surface area (Å²) < 4.78 is 5.46. The molecule has 0 spiro atoms. The van der Waals surface area contributed by atoms with Crippen LogP contribution in [0.3, 0.4) is 0 Å². The van der Waals surface area contributed by atoms with Crippen molar-refractivity contribution in [1.29, 1.82) is 0 Å². The first kappa shape index (κ1) is 18.5. The zero-order valence-corrected chi connectivity index (χ0v) is 15.8. The summed E-state index contributed by atoms with van der Waals surface area (Å²) in [6, 6.07) is 10.0. The van der Waals surface area contributed by atoms with Gasteiger partial charge in [-0.25, -0.2) is 4.98 Å². The highest BCUT2D eigenvalue weighted by atomic mass is 16.5. The highest BCUT2D eigenvalue weighted by molar-refractivity contribution is 5.74. The first-order valence-electron chi connectivity index (χ1n) is 9.70. The average Bonchev–Trinajstić information content (AvgIpc) is 2.75. The van der Waals surface area contributed by atoms with Gasteiger partial charge in [0.25, 0.3) is 0 Å². The topological polar surface area (TPSA) is 90.8 Å². The van der Waals surface area contributed by atoms with Gasteiger partial charge in [-0.05, 0) is 31.0 Å². The number of aromatic nitrogens is 2. The molecule has 4 rings (SSSR count). The summed E-state index contributed by atoms with van der Waals surface area (Å²) in [5.41, 5.74) is 2.08. The Bertz CT molecular complexity index is 817. The van der Waals surface area contributed by atoms with Crippen molar-refractivity contribution in [2.45, 2.75) is 12.8 Å². The van der Waals surface area contributed by atoms with Crippen molar-refractivity contribution in [3.63, 3.8) is 0 Å². The van der Waals surface area contributed by atoms with Gasteiger partial charge in [0.2, 0.25) is 5.95 Å². The Morgan fingerprint density at radius 3 is 2.57 bits per heavy atom. The number of piperidine rings is 1. The number of hydrogen-bond donors (Lipinski definition) is 2. The molecule has 0 bridgehead atoms. The molecule has 28 heavy (non-hydrogen) atoms. The van der Waals surface area contributed by atoms with Gasteiger partial charge in [-0.2, -0.15) is 4.98 Å². The zero-order valence-electron chi connectivity index (χ0n) is 15.8. The second-order valence-electron chi connectivity index (χ2n) is 7.08. The predicted molar refractivity (Wildman–Crippen MR) is 107 cm³/mol. The van der Waals surface area contributed by atoms with Crippen molar-refractivity contribution in [3.05, 3.63) is 36.5 Å². The summed E-state index contributed by atoms with van der Waals surface area (Å²) in [5, 5.41) is 12.5. The fourth-order valence-electron chi connectivity index (χ4n) is 3.72. The second kappa shape index (κ2) is 8.43. The van der Waals surface area contributed by atoms with Crippen LogP contribution in [0.2, 0.25) is 0 Å². The van der Waals surface area contributed by atoms with E-state index in [0.717, 1.165) is 43.5 Å². The van der Waals surface area contributed by atoms with Crippen LogP contribution in [-0.2, 0) is 9.53 Å². The third-order valence-electron chi connectivity index (χ3n) is 5.31. The zero-order chi connectivity index (χ0) is 19.3. The number of carbonyl (C=O) groups is 1. The predicted octanol–water partition coefficient (Wildman–Crippen LogP) is 2.36. The van der Waals surface area contributed by atoms with Gasteiger partial charge in [-0.15, -0.1) is 0 Å². The van der Waals surface area contributed by atoms with Crippen LogP contribution in [0.5, 0.6) is 0 Å². The first-order chi connectivity index (χ1) is 13.7. The van der Waals surface area contributed by atoms with Crippen molar-refractivity contribution in [2.75, 3.05) is 54.5 Å². The second-order valence-corrected chi connectivity index (χ2v) is 7.08. The lowest BCUT2D eigenvalue weighted by Gasteiger charge is -2.31. The maximum Gasteiger partial charge on any atom is 0.306 e. The Balaban J connectivity index is 1.48. The Morgan fingerprint density at radius 2 is 1.82 bits per heavy atom. The van der Waals surface area contributed by atoms with Gasteiger partial charge in [0.05, 0.1) is 30.5 Å². The van der Waals surface area contributed by atoms with Crippen molar-refractivity contribution in [3.8, 4) is 0 Å². The summed E-state index contributed by atoms with van der Waals surface area (Å²) >= 11 is 0. The number of hydrogen-bond acceptors (Lipinski definition) is 7. The Hall–Kier alpha value is -2.87. The summed E-state index contributed by atoms with van der Waals surface area (Å²) in [6.07, 6.45) is 3.02. The number of para-hydroxylation sites is 2. The number of nitrogens with zero attached hydrogens (tertiary/aromatic N) is 4. The smallest absolute Gasteiger partial charge is 0.306 e. The molecule has 2 aromatic rings. The largest absolute Gasteiger partial charge is 0.481 e. The van der Waals surface area contributed by atoms with Crippen LogP contribution in [-0.4, -0.2) is 60.4 Å². The maximum atomic E-state index is 11.2. The molecule has 8 nitrogen and oxygen atoms in total. The standard InChI is InChI=1S/C20H25N5O3/c26-19(27)15-6-9-25(10-7-15)18-5-8-21-20(23-18)22-16-3-1-2-4-17(16)24-11-13-28-14-12-24/h1-5,8,15H,6-7,9-14H2,(H,26,27)(H,21,22,23). The number of carboxylic acids is 1. The van der Waals surface area contributed by atoms with Crippen LogP contribution in [0, 0.1) is 5.92 Å². The van der Waals surface area contributed by atoms with E-state index in [-0.39, 0.29) is 5.92 Å². The van der Waals surface area contributed by atoms with E-state index < -0.39 is 5.97 Å². The summed E-state index contributed by atoms with van der Waals surface area (Å²) in [6.45, 7) is 4.56. The van der Waals surface area contributed by atoms with Gasteiger partial charge in [0.1, 0.15) is 5.82 Å². The van der Waals surface area contributed by atoms with Gasteiger partial charge in [0.15, 0.2) is 0 Å². The SMILES string of the molecule is O=C(O)C1CCN(c2ccnc(Nc3ccccc3N3CCOCC3)n2)CC1.